The molecule has 1 aliphatic rings. The highest BCUT2D eigenvalue weighted by atomic mass is 16.2. The molecule has 1 atom stereocenters. The Morgan fingerprint density at radius 2 is 1.91 bits per heavy atom. The monoisotopic (exact) mass is 460 g/mol. The van der Waals surface area contributed by atoms with Crippen molar-refractivity contribution >= 4 is 28.1 Å². The highest BCUT2D eigenvalue weighted by molar-refractivity contribution is 5.76. The summed E-state index contributed by atoms with van der Waals surface area (Å²) < 4.78 is 6.39. The summed E-state index contributed by atoms with van der Waals surface area (Å²) in [6.07, 6.45) is 1.90. The maximum atomic E-state index is 13.7. The third-order valence-corrected chi connectivity index (χ3v) is 6.55. The van der Waals surface area contributed by atoms with Gasteiger partial charge in [0.25, 0.3) is 5.56 Å². The number of para-hydroxylation sites is 2. The lowest BCUT2D eigenvalue weighted by molar-refractivity contribution is 0.496. The van der Waals surface area contributed by atoms with E-state index in [0.29, 0.717) is 36.0 Å². The number of fused-ring (bicyclic) bond motifs is 2. The van der Waals surface area contributed by atoms with Crippen LogP contribution in [-0.2, 0) is 27.2 Å². The number of hydrogen-bond donors (Lipinski definition) is 1. The number of piperidine rings is 1. The zero-order valence-corrected chi connectivity index (χ0v) is 19.7. The van der Waals surface area contributed by atoms with Crippen molar-refractivity contribution in [1.29, 1.82) is 0 Å². The van der Waals surface area contributed by atoms with Gasteiger partial charge in [0.05, 0.1) is 24.1 Å². The Kier molecular flexibility index (Phi) is 5.49. The molecule has 4 heterocycles. The van der Waals surface area contributed by atoms with E-state index in [-0.39, 0.29) is 12.6 Å². The zero-order valence-electron chi connectivity index (χ0n) is 19.7. The molecule has 4 aromatic rings. The van der Waals surface area contributed by atoms with Crippen LogP contribution in [0.2, 0.25) is 0 Å². The molecule has 0 amide bonds. The second kappa shape index (κ2) is 8.50. The molecular weight excluding hydrogens is 432 g/mol. The number of anilines is 1. The van der Waals surface area contributed by atoms with Crippen molar-refractivity contribution in [3.05, 3.63) is 50.9 Å². The first-order chi connectivity index (χ1) is 16.4. The molecule has 1 unspecified atom stereocenters. The molecule has 10 nitrogen and oxygen atoms in total. The van der Waals surface area contributed by atoms with Crippen LogP contribution in [-0.4, -0.2) is 47.4 Å². The van der Waals surface area contributed by atoms with Crippen LogP contribution < -0.4 is 21.9 Å². The first-order valence-corrected chi connectivity index (χ1v) is 11.4. The molecular formula is C24H28N8O2. The van der Waals surface area contributed by atoms with Gasteiger partial charge in [0.2, 0.25) is 5.95 Å². The fourth-order valence-electron chi connectivity index (χ4n) is 4.72. The lowest BCUT2D eigenvalue weighted by atomic mass is 10.1. The van der Waals surface area contributed by atoms with Crippen molar-refractivity contribution in [2.45, 2.75) is 38.9 Å². The van der Waals surface area contributed by atoms with E-state index in [1.807, 2.05) is 40.4 Å². The number of hydrogen-bond acceptors (Lipinski definition) is 6. The second-order valence-electron chi connectivity index (χ2n) is 8.75. The second-order valence-corrected chi connectivity index (χ2v) is 8.75. The maximum absolute atomic E-state index is 13.7. The van der Waals surface area contributed by atoms with Crippen LogP contribution in [0.15, 0.2) is 33.9 Å². The fourth-order valence-corrected chi connectivity index (χ4v) is 4.72. The standard InChI is InChI=1S/C24H28N8O2/c1-4-5-13-31-20-21(27-23(31)30-12-8-9-16(25)14-30)29(3)24(34)32(22(20)33)15-19-26-17-10-6-7-11-18(17)28(19)2/h6-7,10-11,16H,8-9,12-15,25H2,1-3H3. The Morgan fingerprint density at radius 1 is 1.12 bits per heavy atom. The predicted octanol–water partition coefficient (Wildman–Crippen LogP) is 0.783. The van der Waals surface area contributed by atoms with Gasteiger partial charge in [0.1, 0.15) is 5.82 Å². The summed E-state index contributed by atoms with van der Waals surface area (Å²) in [7, 11) is 3.53. The molecule has 1 aromatic carbocycles. The highest BCUT2D eigenvalue weighted by Gasteiger charge is 2.26. The van der Waals surface area contributed by atoms with Gasteiger partial charge in [0.15, 0.2) is 11.2 Å². The number of rotatable bonds is 4. The van der Waals surface area contributed by atoms with E-state index in [0.717, 1.165) is 30.4 Å². The van der Waals surface area contributed by atoms with E-state index >= 15 is 0 Å². The summed E-state index contributed by atoms with van der Waals surface area (Å²) >= 11 is 0. The number of nitrogens with two attached hydrogens (primary N) is 1. The fraction of sp³-hybridized carbons (Fsp3) is 0.417. The topological polar surface area (TPSA) is 109 Å². The van der Waals surface area contributed by atoms with Gasteiger partial charge in [-0.25, -0.2) is 9.78 Å². The van der Waals surface area contributed by atoms with Crippen LogP contribution in [0, 0.1) is 11.8 Å². The summed E-state index contributed by atoms with van der Waals surface area (Å²) in [5, 5.41) is 0. The van der Waals surface area contributed by atoms with E-state index in [1.54, 1.807) is 14.0 Å². The summed E-state index contributed by atoms with van der Waals surface area (Å²) in [6.45, 7) is 3.55. The molecule has 1 fully saturated rings. The molecule has 0 radical (unpaired) electrons. The van der Waals surface area contributed by atoms with E-state index in [9.17, 15) is 9.59 Å². The third-order valence-electron chi connectivity index (χ3n) is 6.55. The lowest BCUT2D eigenvalue weighted by Gasteiger charge is -2.31. The van der Waals surface area contributed by atoms with Crippen LogP contribution in [0.25, 0.3) is 22.2 Å². The number of nitrogens with zero attached hydrogens (tertiary/aromatic N) is 7. The SMILES string of the molecule is CC#CCn1c(N2CCCC(N)C2)nc2c1c(=O)n(Cc1nc3ccccc3n1C)c(=O)n2C. The van der Waals surface area contributed by atoms with Crippen molar-refractivity contribution in [2.24, 2.45) is 19.8 Å². The van der Waals surface area contributed by atoms with E-state index in [2.05, 4.69) is 21.7 Å². The van der Waals surface area contributed by atoms with Crippen molar-refractivity contribution in [2.75, 3.05) is 18.0 Å². The van der Waals surface area contributed by atoms with Crippen LogP contribution in [0.1, 0.15) is 25.6 Å². The minimum atomic E-state index is -0.433. The number of aromatic nitrogens is 6. The Labute approximate surface area is 196 Å². The molecule has 5 rings (SSSR count). The molecule has 0 bridgehead atoms. The van der Waals surface area contributed by atoms with Crippen LogP contribution in [0.4, 0.5) is 5.95 Å². The van der Waals surface area contributed by atoms with Gasteiger partial charge < -0.3 is 15.2 Å². The van der Waals surface area contributed by atoms with E-state index in [4.69, 9.17) is 10.7 Å². The molecule has 2 N–H and O–H groups in total. The molecule has 176 valence electrons. The minimum Gasteiger partial charge on any atom is -0.341 e. The van der Waals surface area contributed by atoms with Gasteiger partial charge in [0, 0.05) is 33.2 Å². The molecule has 1 aliphatic heterocycles. The minimum absolute atomic E-state index is 0.0392. The summed E-state index contributed by atoms with van der Waals surface area (Å²) in [5.41, 5.74) is 7.84. The first-order valence-electron chi connectivity index (χ1n) is 11.4. The average Bonchev–Trinajstić information content (AvgIpc) is 3.37. The number of benzene rings is 1. The summed E-state index contributed by atoms with van der Waals surface area (Å²) in [6, 6.07) is 7.77. The van der Waals surface area contributed by atoms with Crippen molar-refractivity contribution < 1.29 is 0 Å². The largest absolute Gasteiger partial charge is 0.341 e. The molecule has 34 heavy (non-hydrogen) atoms. The van der Waals surface area contributed by atoms with Crippen molar-refractivity contribution in [3.8, 4) is 11.8 Å². The molecule has 1 saturated heterocycles. The normalized spacial score (nSPS) is 16.2. The molecule has 3 aromatic heterocycles. The summed E-state index contributed by atoms with van der Waals surface area (Å²) in [4.78, 5) is 38.5. The van der Waals surface area contributed by atoms with Gasteiger partial charge in [-0.1, -0.05) is 18.1 Å². The Morgan fingerprint density at radius 3 is 2.65 bits per heavy atom. The molecule has 10 heteroatoms. The van der Waals surface area contributed by atoms with Gasteiger partial charge in [-0.3, -0.25) is 18.5 Å². The first kappa shape index (κ1) is 22.0. The molecule has 0 saturated carbocycles. The summed E-state index contributed by atoms with van der Waals surface area (Å²) in [5.74, 6) is 7.20. The van der Waals surface area contributed by atoms with Crippen LogP contribution in [0.3, 0.4) is 0 Å². The Balaban J connectivity index is 1.70. The zero-order chi connectivity index (χ0) is 24.0. The van der Waals surface area contributed by atoms with Gasteiger partial charge in [-0.2, -0.15) is 4.98 Å². The maximum Gasteiger partial charge on any atom is 0.332 e. The van der Waals surface area contributed by atoms with Gasteiger partial charge in [-0.15, -0.1) is 5.92 Å². The quantitative estimate of drug-likeness (QED) is 0.451. The van der Waals surface area contributed by atoms with Crippen molar-refractivity contribution in [1.82, 2.24) is 28.2 Å². The average molecular weight is 461 g/mol. The Hall–Kier alpha value is -3.84. The van der Waals surface area contributed by atoms with Crippen LogP contribution in [0.5, 0.6) is 0 Å². The molecule has 0 aliphatic carbocycles. The van der Waals surface area contributed by atoms with Crippen LogP contribution >= 0.6 is 0 Å². The predicted molar refractivity (Wildman–Crippen MR) is 132 cm³/mol. The third kappa shape index (κ3) is 3.49. The van der Waals surface area contributed by atoms with E-state index in [1.165, 1.54) is 9.13 Å². The van der Waals surface area contributed by atoms with E-state index < -0.39 is 11.2 Å². The number of aryl methyl sites for hydroxylation is 2. The van der Waals surface area contributed by atoms with Gasteiger partial charge >= 0.3 is 5.69 Å². The number of imidazole rings is 2. The van der Waals surface area contributed by atoms with Gasteiger partial charge in [-0.05, 0) is 31.9 Å². The molecule has 0 spiro atoms. The van der Waals surface area contributed by atoms with Crippen molar-refractivity contribution in [3.63, 3.8) is 0 Å². The highest BCUT2D eigenvalue weighted by Crippen LogP contribution is 2.23. The smallest absolute Gasteiger partial charge is 0.332 e. The Bertz CT molecular complexity index is 1580. The lowest BCUT2D eigenvalue weighted by Crippen LogP contribution is -2.44.